The van der Waals surface area contributed by atoms with Gasteiger partial charge in [0.25, 0.3) is 0 Å². The molecule has 0 fully saturated rings. The topological polar surface area (TPSA) is 75.6 Å². The summed E-state index contributed by atoms with van der Waals surface area (Å²) < 4.78 is 17.4. The second-order valence-electron chi connectivity index (χ2n) is 5.61. The van der Waals surface area contributed by atoms with E-state index in [0.29, 0.717) is 19.3 Å². The molecule has 0 aliphatic heterocycles. The molecule has 0 aliphatic rings. The van der Waals surface area contributed by atoms with Gasteiger partial charge in [-0.3, -0.25) is 0 Å². The molecular formula is C14H24FNO4. The van der Waals surface area contributed by atoms with Gasteiger partial charge in [0, 0.05) is 0 Å². The van der Waals surface area contributed by atoms with Crippen LogP contribution in [0.5, 0.6) is 0 Å². The van der Waals surface area contributed by atoms with Crippen molar-refractivity contribution >= 4 is 12.1 Å². The van der Waals surface area contributed by atoms with E-state index >= 15 is 0 Å². The first-order valence-corrected chi connectivity index (χ1v) is 6.66. The minimum Gasteiger partial charge on any atom is -0.480 e. The smallest absolute Gasteiger partial charge is 0.408 e. The molecule has 20 heavy (non-hydrogen) atoms. The summed E-state index contributed by atoms with van der Waals surface area (Å²) in [6, 6.07) is -0.986. The van der Waals surface area contributed by atoms with Crippen molar-refractivity contribution in [3.63, 3.8) is 0 Å². The van der Waals surface area contributed by atoms with Gasteiger partial charge < -0.3 is 15.2 Å². The SMILES string of the molecule is C/C(F)=C/CCCCC(NC(=O)OC(C)(C)C)C(=O)O. The zero-order chi connectivity index (χ0) is 15.8. The standard InChI is InChI=1S/C14H24FNO4/c1-10(15)8-6-5-7-9-11(12(17)18)16-13(19)20-14(2,3)4/h8,11H,5-7,9H2,1-4H3,(H,16,19)(H,17,18)/b10-8-. The number of ether oxygens (including phenoxy) is 1. The van der Waals surface area contributed by atoms with Gasteiger partial charge in [0.1, 0.15) is 11.6 Å². The van der Waals surface area contributed by atoms with Crippen LogP contribution in [0, 0.1) is 0 Å². The molecule has 0 aromatic heterocycles. The first-order chi connectivity index (χ1) is 9.11. The number of nitrogens with one attached hydrogen (secondary N) is 1. The van der Waals surface area contributed by atoms with Crippen LogP contribution in [0.3, 0.4) is 0 Å². The number of carbonyl (C=O) groups is 2. The van der Waals surface area contributed by atoms with E-state index in [-0.39, 0.29) is 12.2 Å². The average molecular weight is 289 g/mol. The van der Waals surface area contributed by atoms with Crippen LogP contribution < -0.4 is 5.32 Å². The minimum atomic E-state index is -1.10. The maximum Gasteiger partial charge on any atom is 0.408 e. The van der Waals surface area contributed by atoms with Crippen molar-refractivity contribution in [2.75, 3.05) is 0 Å². The van der Waals surface area contributed by atoms with Crippen LogP contribution in [0.4, 0.5) is 9.18 Å². The lowest BCUT2D eigenvalue weighted by molar-refractivity contribution is -0.139. The molecule has 0 saturated carbocycles. The van der Waals surface area contributed by atoms with Gasteiger partial charge >= 0.3 is 12.1 Å². The molecule has 1 atom stereocenters. The third kappa shape index (κ3) is 10.3. The molecule has 0 radical (unpaired) electrons. The second-order valence-corrected chi connectivity index (χ2v) is 5.61. The van der Waals surface area contributed by atoms with Crippen LogP contribution in [0.25, 0.3) is 0 Å². The summed E-state index contributed by atoms with van der Waals surface area (Å²) in [6.45, 7) is 6.47. The number of hydrogen-bond acceptors (Lipinski definition) is 3. The highest BCUT2D eigenvalue weighted by atomic mass is 19.1. The van der Waals surface area contributed by atoms with E-state index in [1.807, 2.05) is 0 Å². The number of carbonyl (C=O) groups excluding carboxylic acids is 1. The third-order valence-corrected chi connectivity index (χ3v) is 2.36. The molecule has 0 saturated heterocycles. The lowest BCUT2D eigenvalue weighted by Crippen LogP contribution is -2.43. The Labute approximate surface area is 119 Å². The summed E-state index contributed by atoms with van der Waals surface area (Å²) >= 11 is 0. The van der Waals surface area contributed by atoms with E-state index in [1.165, 1.54) is 13.0 Å². The number of unbranched alkanes of at least 4 members (excludes halogenated alkanes) is 2. The summed E-state index contributed by atoms with van der Waals surface area (Å²) in [4.78, 5) is 22.5. The maximum absolute atomic E-state index is 12.4. The van der Waals surface area contributed by atoms with Crippen LogP contribution >= 0.6 is 0 Å². The van der Waals surface area contributed by atoms with Gasteiger partial charge in [-0.2, -0.15) is 0 Å². The minimum absolute atomic E-state index is 0.244. The molecule has 0 rings (SSSR count). The van der Waals surface area contributed by atoms with Crippen molar-refractivity contribution in [3.8, 4) is 0 Å². The molecule has 1 unspecified atom stereocenters. The highest BCUT2D eigenvalue weighted by Gasteiger charge is 2.23. The zero-order valence-corrected chi connectivity index (χ0v) is 12.5. The lowest BCUT2D eigenvalue weighted by atomic mass is 10.1. The average Bonchev–Trinajstić information content (AvgIpc) is 2.23. The van der Waals surface area contributed by atoms with Crippen LogP contribution in [-0.4, -0.2) is 28.8 Å². The highest BCUT2D eigenvalue weighted by Crippen LogP contribution is 2.10. The molecule has 0 aromatic carbocycles. The van der Waals surface area contributed by atoms with E-state index in [2.05, 4.69) is 5.32 Å². The Morgan fingerprint density at radius 1 is 1.35 bits per heavy atom. The molecule has 0 aromatic rings. The number of carboxylic acid groups (broad SMARTS) is 1. The van der Waals surface area contributed by atoms with Crippen LogP contribution in [-0.2, 0) is 9.53 Å². The summed E-state index contributed by atoms with van der Waals surface area (Å²) in [5.41, 5.74) is -0.670. The van der Waals surface area contributed by atoms with Crippen molar-refractivity contribution < 1.29 is 23.8 Å². The molecule has 116 valence electrons. The molecule has 1 amide bonds. The van der Waals surface area contributed by atoms with E-state index in [0.717, 1.165) is 0 Å². The zero-order valence-electron chi connectivity index (χ0n) is 12.5. The number of rotatable bonds is 7. The van der Waals surface area contributed by atoms with Crippen molar-refractivity contribution in [3.05, 3.63) is 11.9 Å². The first kappa shape index (κ1) is 18.4. The Kier molecular flexibility index (Phi) is 7.87. The monoisotopic (exact) mass is 289 g/mol. The Balaban J connectivity index is 4.15. The van der Waals surface area contributed by atoms with Crippen molar-refractivity contribution in [1.29, 1.82) is 0 Å². The largest absolute Gasteiger partial charge is 0.480 e. The molecule has 0 heterocycles. The van der Waals surface area contributed by atoms with Gasteiger partial charge in [-0.1, -0.05) is 12.5 Å². The fourth-order valence-corrected chi connectivity index (χ4v) is 1.50. The predicted octanol–water partition coefficient (Wildman–Crippen LogP) is 3.40. The number of alkyl carbamates (subject to hydrolysis) is 1. The summed E-state index contributed by atoms with van der Waals surface area (Å²) in [5, 5.41) is 11.3. The summed E-state index contributed by atoms with van der Waals surface area (Å²) in [5.74, 6) is -1.35. The summed E-state index contributed by atoms with van der Waals surface area (Å²) in [6.07, 6.45) is 2.80. The van der Waals surface area contributed by atoms with Gasteiger partial charge in [0.15, 0.2) is 0 Å². The quantitative estimate of drug-likeness (QED) is 0.704. The number of carboxylic acids is 1. The fourth-order valence-electron chi connectivity index (χ4n) is 1.50. The normalized spacial score (nSPS) is 13.8. The van der Waals surface area contributed by atoms with Gasteiger partial charge in [0.05, 0.1) is 5.83 Å². The van der Waals surface area contributed by atoms with Crippen LogP contribution in [0.15, 0.2) is 11.9 Å². The van der Waals surface area contributed by atoms with Gasteiger partial charge in [-0.15, -0.1) is 0 Å². The van der Waals surface area contributed by atoms with Gasteiger partial charge in [0.2, 0.25) is 0 Å². The number of halogens is 1. The Morgan fingerprint density at radius 2 is 1.95 bits per heavy atom. The molecule has 0 spiro atoms. The Bertz CT molecular complexity index is 357. The van der Waals surface area contributed by atoms with Gasteiger partial charge in [-0.05, 0) is 47.0 Å². The first-order valence-electron chi connectivity index (χ1n) is 6.66. The predicted molar refractivity (Wildman–Crippen MR) is 74.1 cm³/mol. The van der Waals surface area contributed by atoms with Crippen LogP contribution in [0.2, 0.25) is 0 Å². The van der Waals surface area contributed by atoms with E-state index in [4.69, 9.17) is 9.84 Å². The Hall–Kier alpha value is -1.59. The third-order valence-electron chi connectivity index (χ3n) is 2.36. The highest BCUT2D eigenvalue weighted by molar-refractivity contribution is 5.79. The van der Waals surface area contributed by atoms with Crippen LogP contribution in [0.1, 0.15) is 53.4 Å². The molecule has 2 N–H and O–H groups in total. The lowest BCUT2D eigenvalue weighted by Gasteiger charge is -2.21. The number of hydrogen-bond donors (Lipinski definition) is 2. The number of allylic oxidation sites excluding steroid dienone is 2. The Morgan fingerprint density at radius 3 is 2.40 bits per heavy atom. The maximum atomic E-state index is 12.4. The molecule has 5 nitrogen and oxygen atoms in total. The molecule has 6 heteroatoms. The molecular weight excluding hydrogens is 265 g/mol. The van der Waals surface area contributed by atoms with Crippen molar-refractivity contribution in [2.24, 2.45) is 0 Å². The fraction of sp³-hybridized carbons (Fsp3) is 0.714. The van der Waals surface area contributed by atoms with E-state index in [1.54, 1.807) is 20.8 Å². The summed E-state index contributed by atoms with van der Waals surface area (Å²) in [7, 11) is 0. The molecule has 0 bridgehead atoms. The van der Waals surface area contributed by atoms with Gasteiger partial charge in [-0.25, -0.2) is 14.0 Å². The second kappa shape index (κ2) is 8.55. The molecule has 0 aliphatic carbocycles. The number of aliphatic carboxylic acids is 1. The van der Waals surface area contributed by atoms with E-state index < -0.39 is 23.7 Å². The van der Waals surface area contributed by atoms with Crippen molar-refractivity contribution in [1.82, 2.24) is 5.32 Å². The van der Waals surface area contributed by atoms with Crippen molar-refractivity contribution in [2.45, 2.75) is 65.0 Å². The number of amides is 1. The van der Waals surface area contributed by atoms with E-state index in [9.17, 15) is 14.0 Å².